The Hall–Kier alpha value is 0. The van der Waals surface area contributed by atoms with Crippen LogP contribution in [0, 0.1) is 35.5 Å². The summed E-state index contributed by atoms with van der Waals surface area (Å²) in [7, 11) is 0. The van der Waals surface area contributed by atoms with Gasteiger partial charge < -0.3 is 0 Å². The molecule has 0 nitrogen and oxygen atoms in total. The largest absolute Gasteiger partial charge is 0.0683 e. The smallest absolute Gasteiger partial charge is 0.0386 e. The summed E-state index contributed by atoms with van der Waals surface area (Å²) in [4.78, 5) is 0. The van der Waals surface area contributed by atoms with Gasteiger partial charge in [-0.3, -0.25) is 0 Å². The van der Waals surface area contributed by atoms with Gasteiger partial charge in [0.1, 0.15) is 0 Å². The van der Waals surface area contributed by atoms with Gasteiger partial charge in [0.2, 0.25) is 0 Å². The Labute approximate surface area is 456 Å². The minimum absolute atomic E-state index is 0.977. The van der Waals surface area contributed by atoms with Crippen LogP contribution >= 0.6 is 0 Å². The first-order valence-electron chi connectivity index (χ1n) is 34.0. The maximum absolute atomic E-state index is 2.36. The first-order chi connectivity index (χ1) is 34.0. The molecule has 0 bridgehead atoms. The molecule has 6 saturated carbocycles. The van der Waals surface area contributed by atoms with Gasteiger partial charge in [0.25, 0.3) is 0 Å². The van der Waals surface area contributed by atoms with Gasteiger partial charge in [-0.2, -0.15) is 0 Å². The predicted molar refractivity (Wildman–Crippen MR) is 350 cm³/mol. The second-order valence-electron chi connectivity index (χ2n) is 14.6. The summed E-state index contributed by atoms with van der Waals surface area (Å²) in [5, 5.41) is 0. The first kappa shape index (κ1) is 109. The molecule has 0 heteroatoms. The standard InChI is InChI=1S/C12H22.C8H16.C6H12.2C5H10.C3H8.15C2H6/c1-3-7-11(8-4-1)12-9-5-2-6-10-12;1-5-6(2)8(4)7(5)3;1-2-4-6-5-3-1;2*1-2-4-5-3-1;1-3-2;15*1-2/h11-12H,1-10H2;5-8H,1-4H3;1-6H2;2*1-5H2;3H2,1-2H3;15*1-2H3. The Balaban J connectivity index is -0.0000000359. The third-order valence-corrected chi connectivity index (χ3v) is 11.3. The highest BCUT2D eigenvalue weighted by Gasteiger charge is 2.38. The van der Waals surface area contributed by atoms with Gasteiger partial charge in [-0.25, -0.2) is 0 Å². The molecule has 0 heterocycles. The number of hydrogen-bond donors (Lipinski definition) is 0. The lowest BCUT2D eigenvalue weighted by Gasteiger charge is -2.45. The van der Waals surface area contributed by atoms with Crippen molar-refractivity contribution in [3.05, 3.63) is 0 Å². The van der Waals surface area contributed by atoms with Crippen molar-refractivity contribution in [1.29, 1.82) is 0 Å². The van der Waals surface area contributed by atoms with Crippen LogP contribution in [0.15, 0.2) is 0 Å². The average Bonchev–Trinajstić information content (AvgIpc) is 4.32. The van der Waals surface area contributed by atoms with Gasteiger partial charge in [0.15, 0.2) is 0 Å². The van der Waals surface area contributed by atoms with E-state index in [4.69, 9.17) is 0 Å². The lowest BCUT2D eigenvalue weighted by Crippen LogP contribution is -2.39. The zero-order valence-electron chi connectivity index (χ0n) is 58.6. The van der Waals surface area contributed by atoms with Gasteiger partial charge in [0, 0.05) is 0 Å². The molecule has 0 aromatic heterocycles. The highest BCUT2D eigenvalue weighted by Crippen LogP contribution is 2.44. The lowest BCUT2D eigenvalue weighted by atomic mass is 9.60. The lowest BCUT2D eigenvalue weighted by molar-refractivity contribution is 0.0302. The van der Waals surface area contributed by atoms with E-state index in [-0.39, 0.29) is 0 Å². The molecular weight excluding hydrogens is 829 g/mol. The summed E-state index contributed by atoms with van der Waals surface area (Å²) in [5.74, 6) is 6.18. The summed E-state index contributed by atoms with van der Waals surface area (Å²) in [6.07, 6.45) is 40.6. The second kappa shape index (κ2) is 151. The Morgan fingerprint density at radius 1 is 0.174 bits per heavy atom. The van der Waals surface area contributed by atoms with Crippen LogP contribution in [-0.4, -0.2) is 0 Å². The zero-order chi connectivity index (χ0) is 58.6. The van der Waals surface area contributed by atoms with Gasteiger partial charge in [-0.15, -0.1) is 0 Å². The fraction of sp³-hybridized carbons (Fsp3) is 1.00. The molecule has 0 radical (unpaired) electrons. The van der Waals surface area contributed by atoms with Crippen molar-refractivity contribution in [3.63, 3.8) is 0 Å². The Bertz CT molecular complexity index is 386. The van der Waals surface area contributed by atoms with Crippen LogP contribution in [0.3, 0.4) is 0 Å². The van der Waals surface area contributed by atoms with E-state index < -0.39 is 0 Å². The molecule has 0 atom stereocenters. The average molecular weight is 998 g/mol. The summed E-state index contributed by atoms with van der Waals surface area (Å²) in [6, 6.07) is 0. The highest BCUT2D eigenvalue weighted by atomic mass is 14.4. The topological polar surface area (TPSA) is 0 Å². The minimum Gasteiger partial charge on any atom is -0.0683 e. The van der Waals surface area contributed by atoms with Crippen LogP contribution in [0.5, 0.6) is 0 Å². The van der Waals surface area contributed by atoms with E-state index in [1.807, 2.05) is 208 Å². The highest BCUT2D eigenvalue weighted by molar-refractivity contribution is 4.86. The van der Waals surface area contributed by atoms with E-state index in [0.29, 0.717) is 0 Å². The molecule has 6 aliphatic rings. The molecule has 0 spiro atoms. The summed E-state index contributed by atoms with van der Waals surface area (Å²) >= 11 is 0. The molecule has 69 heavy (non-hydrogen) atoms. The summed E-state index contributed by atoms with van der Waals surface area (Å²) < 4.78 is 0. The minimum atomic E-state index is 0.977. The van der Waals surface area contributed by atoms with Crippen molar-refractivity contribution in [3.8, 4) is 0 Å². The quantitative estimate of drug-likeness (QED) is 0.246. The molecule has 0 N–H and O–H groups in total. The molecule has 0 amide bonds. The fourth-order valence-electron chi connectivity index (χ4n) is 7.81. The van der Waals surface area contributed by atoms with Crippen molar-refractivity contribution in [2.45, 2.75) is 423 Å². The third kappa shape index (κ3) is 110. The number of hydrogen-bond acceptors (Lipinski definition) is 0. The van der Waals surface area contributed by atoms with Crippen LogP contribution in [-0.2, 0) is 0 Å². The summed E-state index contributed by atoms with van der Waals surface area (Å²) in [6.45, 7) is 73.7. The van der Waals surface area contributed by atoms with E-state index >= 15 is 0 Å². The summed E-state index contributed by atoms with van der Waals surface area (Å²) in [5.41, 5.74) is 0. The molecule has 0 saturated heterocycles. The third-order valence-electron chi connectivity index (χ3n) is 11.3. The van der Waals surface area contributed by atoms with Gasteiger partial charge in [-0.05, 0) is 35.5 Å². The second-order valence-corrected chi connectivity index (χ2v) is 14.6. The van der Waals surface area contributed by atoms with Crippen molar-refractivity contribution >= 4 is 0 Å². The van der Waals surface area contributed by atoms with E-state index in [1.54, 1.807) is 25.7 Å². The van der Waals surface area contributed by atoms with Crippen molar-refractivity contribution < 1.29 is 0 Å². The van der Waals surface area contributed by atoms with Crippen molar-refractivity contribution in [2.75, 3.05) is 0 Å². The Morgan fingerprint density at radius 2 is 0.246 bits per heavy atom. The van der Waals surface area contributed by atoms with Gasteiger partial charge in [-0.1, -0.05) is 423 Å². The van der Waals surface area contributed by atoms with Crippen molar-refractivity contribution in [1.82, 2.24) is 0 Å². The maximum atomic E-state index is 2.36. The molecule has 0 unspecified atom stereocenters. The Kier molecular flexibility index (Phi) is 239. The zero-order valence-corrected chi connectivity index (χ0v) is 58.6. The van der Waals surface area contributed by atoms with Gasteiger partial charge >= 0.3 is 0 Å². The molecule has 6 fully saturated rings. The first-order valence-corrected chi connectivity index (χ1v) is 34.0. The fourth-order valence-corrected chi connectivity index (χ4v) is 7.81. The SMILES string of the molecule is C1CCC(C2CCCCC2)CC1.C1CCCC1.C1CCCC1.C1CCCCC1.CC.CC.CC.CC.CC.CC.CC.CC.CC.CC.CC.CC.CC.CC.CC.CC1C(C)C(C)C1C.CCC. The van der Waals surface area contributed by atoms with E-state index in [0.717, 1.165) is 35.5 Å². The number of rotatable bonds is 1. The Morgan fingerprint density at radius 3 is 0.333 bits per heavy atom. The molecule has 6 aliphatic carbocycles. The van der Waals surface area contributed by atoms with E-state index in [9.17, 15) is 0 Å². The van der Waals surface area contributed by atoms with Crippen LogP contribution in [0.25, 0.3) is 0 Å². The van der Waals surface area contributed by atoms with Gasteiger partial charge in [0.05, 0.1) is 0 Å². The molecule has 0 aliphatic heterocycles. The van der Waals surface area contributed by atoms with Crippen LogP contribution in [0.4, 0.5) is 0 Å². The normalized spacial score (nSPS) is 18.6. The molecule has 0 aromatic rings. The van der Waals surface area contributed by atoms with Crippen LogP contribution in [0.1, 0.15) is 423 Å². The maximum Gasteiger partial charge on any atom is -0.0386 e. The molecule has 0 aromatic carbocycles. The monoisotopic (exact) mass is 997 g/mol. The van der Waals surface area contributed by atoms with E-state index in [1.165, 1.54) is 148 Å². The molecule has 444 valence electrons. The van der Waals surface area contributed by atoms with Crippen LogP contribution in [0.2, 0.25) is 0 Å². The van der Waals surface area contributed by atoms with E-state index in [2.05, 4.69) is 41.5 Å². The molecular formula is C69H168. The van der Waals surface area contributed by atoms with Crippen LogP contribution < -0.4 is 0 Å². The molecule has 6 rings (SSSR count). The predicted octanol–water partition coefficient (Wildman–Crippen LogP) is 29.7. The van der Waals surface area contributed by atoms with Crippen molar-refractivity contribution in [2.24, 2.45) is 35.5 Å².